The lowest BCUT2D eigenvalue weighted by Gasteiger charge is -2.29. The van der Waals surface area contributed by atoms with E-state index in [-0.39, 0.29) is 29.0 Å². The second kappa shape index (κ2) is 8.13. The van der Waals surface area contributed by atoms with Gasteiger partial charge in [-0.2, -0.15) is 0 Å². The number of aryl methyl sites for hydroxylation is 1. The van der Waals surface area contributed by atoms with Crippen LogP contribution in [0.1, 0.15) is 40.7 Å². The first-order valence-electron chi connectivity index (χ1n) is 8.93. The first-order chi connectivity index (χ1) is 12.9. The fourth-order valence-corrected chi connectivity index (χ4v) is 4.50. The summed E-state index contributed by atoms with van der Waals surface area (Å²) in [5.74, 6) is -0.189. The number of halogens is 1. The second-order valence-electron chi connectivity index (χ2n) is 6.99. The third-order valence-electron chi connectivity index (χ3n) is 4.42. The van der Waals surface area contributed by atoms with Crippen molar-refractivity contribution in [3.8, 4) is 0 Å². The molecule has 142 valence electrons. The highest BCUT2D eigenvalue weighted by Crippen LogP contribution is 2.42. The fraction of sp³-hybridized carbons (Fsp3) is 0.333. The zero-order chi connectivity index (χ0) is 19.6. The Labute approximate surface area is 163 Å². The summed E-state index contributed by atoms with van der Waals surface area (Å²) in [6.45, 7) is 5.74. The normalized spacial score (nSPS) is 19.4. The van der Waals surface area contributed by atoms with E-state index in [0.717, 1.165) is 11.1 Å². The Balaban J connectivity index is 1.95. The van der Waals surface area contributed by atoms with Crippen molar-refractivity contribution in [3.05, 3.63) is 71.0 Å². The number of nitrogens with one attached hydrogen (secondary N) is 1. The average molecular weight is 386 g/mol. The van der Waals surface area contributed by atoms with Crippen LogP contribution in [-0.4, -0.2) is 34.6 Å². The molecule has 1 heterocycles. The van der Waals surface area contributed by atoms with Gasteiger partial charge in [-0.05, 0) is 50.6 Å². The largest absolute Gasteiger partial charge is 0.352 e. The van der Waals surface area contributed by atoms with Crippen LogP contribution in [0.3, 0.4) is 0 Å². The van der Waals surface area contributed by atoms with Crippen molar-refractivity contribution >= 4 is 23.6 Å². The Hall–Kier alpha value is -2.34. The highest BCUT2D eigenvalue weighted by atomic mass is 32.2. The quantitative estimate of drug-likeness (QED) is 0.867. The van der Waals surface area contributed by atoms with Crippen molar-refractivity contribution < 1.29 is 14.0 Å². The van der Waals surface area contributed by atoms with Gasteiger partial charge in [-0.1, -0.05) is 29.8 Å². The molecule has 0 aromatic heterocycles. The van der Waals surface area contributed by atoms with Crippen LogP contribution in [0.4, 0.5) is 4.39 Å². The Kier molecular flexibility index (Phi) is 5.85. The smallest absolute Gasteiger partial charge is 0.255 e. The number of amides is 2. The zero-order valence-corrected chi connectivity index (χ0v) is 16.4. The summed E-state index contributed by atoms with van der Waals surface area (Å²) in [5, 5.41) is 2.57. The van der Waals surface area contributed by atoms with E-state index in [9.17, 15) is 14.0 Å². The number of carbonyl (C=O) groups is 2. The molecule has 2 aromatic carbocycles. The fourth-order valence-electron chi connectivity index (χ4n) is 3.07. The number of carbonyl (C=O) groups excluding carboxylic acids is 2. The van der Waals surface area contributed by atoms with Crippen LogP contribution in [-0.2, 0) is 4.79 Å². The zero-order valence-electron chi connectivity index (χ0n) is 15.6. The molecule has 1 N–H and O–H groups in total. The third kappa shape index (κ3) is 4.33. The maximum Gasteiger partial charge on any atom is 0.255 e. The lowest BCUT2D eigenvalue weighted by atomic mass is 10.1. The van der Waals surface area contributed by atoms with E-state index in [1.807, 2.05) is 32.9 Å². The number of rotatable bonds is 4. The van der Waals surface area contributed by atoms with Gasteiger partial charge in [0, 0.05) is 17.4 Å². The molecule has 0 spiro atoms. The maximum atomic E-state index is 13.3. The molecule has 0 saturated carbocycles. The first-order valence-corrected chi connectivity index (χ1v) is 9.98. The predicted octanol–water partition coefficient (Wildman–Crippen LogP) is 3.92. The van der Waals surface area contributed by atoms with E-state index in [0.29, 0.717) is 11.3 Å². The molecule has 1 aliphatic heterocycles. The van der Waals surface area contributed by atoms with Crippen LogP contribution >= 0.6 is 11.8 Å². The van der Waals surface area contributed by atoms with E-state index in [1.54, 1.807) is 29.2 Å². The number of nitrogens with zero attached hydrogens (tertiary/aromatic N) is 1. The molecular formula is C21H23FN2O2S. The Morgan fingerprint density at radius 1 is 1.11 bits per heavy atom. The van der Waals surface area contributed by atoms with Crippen molar-refractivity contribution in [2.45, 2.75) is 38.2 Å². The lowest BCUT2D eigenvalue weighted by molar-refractivity contribution is -0.125. The average Bonchev–Trinajstić information content (AvgIpc) is 3.07. The Bertz CT molecular complexity index is 821. The molecule has 0 radical (unpaired) electrons. The molecular weight excluding hydrogens is 363 g/mol. The molecule has 27 heavy (non-hydrogen) atoms. The predicted molar refractivity (Wildman–Crippen MR) is 106 cm³/mol. The van der Waals surface area contributed by atoms with Crippen LogP contribution in [0.25, 0.3) is 0 Å². The molecule has 3 rings (SSSR count). The van der Waals surface area contributed by atoms with Crippen molar-refractivity contribution in [2.75, 3.05) is 5.75 Å². The van der Waals surface area contributed by atoms with Crippen LogP contribution in [0, 0.1) is 12.7 Å². The van der Waals surface area contributed by atoms with Crippen molar-refractivity contribution in [3.63, 3.8) is 0 Å². The maximum absolute atomic E-state index is 13.3. The number of hydrogen-bond acceptors (Lipinski definition) is 3. The molecule has 1 saturated heterocycles. The molecule has 0 aliphatic carbocycles. The van der Waals surface area contributed by atoms with Gasteiger partial charge >= 0.3 is 0 Å². The Morgan fingerprint density at radius 3 is 2.33 bits per heavy atom. The van der Waals surface area contributed by atoms with Gasteiger partial charge in [-0.3, -0.25) is 9.59 Å². The van der Waals surface area contributed by atoms with Gasteiger partial charge in [0.1, 0.15) is 17.2 Å². The standard InChI is InChI=1S/C21H23FN2O2S/c1-13(2)23-19(25)18-12-27-21(16-8-10-17(22)11-9-16)24(18)20(26)15-6-4-14(3)5-7-15/h4-11,13,18,21H,12H2,1-3H3,(H,23,25)/t18-,21+/m1/s1. The Morgan fingerprint density at radius 2 is 1.74 bits per heavy atom. The monoisotopic (exact) mass is 386 g/mol. The van der Waals surface area contributed by atoms with Crippen LogP contribution in [0.5, 0.6) is 0 Å². The summed E-state index contributed by atoms with van der Waals surface area (Å²) < 4.78 is 13.3. The SMILES string of the molecule is Cc1ccc(C(=O)N2[C@@H](C(=O)NC(C)C)CS[C@H]2c2ccc(F)cc2)cc1. The van der Waals surface area contributed by atoms with Gasteiger partial charge in [-0.15, -0.1) is 11.8 Å². The number of hydrogen-bond donors (Lipinski definition) is 1. The topological polar surface area (TPSA) is 49.4 Å². The second-order valence-corrected chi connectivity index (χ2v) is 8.11. The molecule has 0 bridgehead atoms. The summed E-state index contributed by atoms with van der Waals surface area (Å²) in [4.78, 5) is 27.6. The highest BCUT2D eigenvalue weighted by Gasteiger charge is 2.42. The minimum atomic E-state index is -0.568. The van der Waals surface area contributed by atoms with Crippen molar-refractivity contribution in [2.24, 2.45) is 0 Å². The van der Waals surface area contributed by atoms with Gasteiger partial charge in [-0.25, -0.2) is 4.39 Å². The lowest BCUT2D eigenvalue weighted by Crippen LogP contribution is -2.49. The van der Waals surface area contributed by atoms with Crippen LogP contribution < -0.4 is 5.32 Å². The minimum absolute atomic E-state index is 0.0105. The van der Waals surface area contributed by atoms with Gasteiger partial charge in [0.15, 0.2) is 0 Å². The van der Waals surface area contributed by atoms with Crippen LogP contribution in [0.15, 0.2) is 48.5 Å². The molecule has 4 nitrogen and oxygen atoms in total. The molecule has 6 heteroatoms. The van der Waals surface area contributed by atoms with Crippen molar-refractivity contribution in [1.29, 1.82) is 0 Å². The third-order valence-corrected chi connectivity index (χ3v) is 5.75. The minimum Gasteiger partial charge on any atom is -0.352 e. The van der Waals surface area contributed by atoms with E-state index in [4.69, 9.17) is 0 Å². The summed E-state index contributed by atoms with van der Waals surface area (Å²) in [6, 6.07) is 12.8. The highest BCUT2D eigenvalue weighted by molar-refractivity contribution is 7.99. The molecule has 2 atom stereocenters. The molecule has 1 fully saturated rings. The van der Waals surface area contributed by atoms with Gasteiger partial charge in [0.25, 0.3) is 5.91 Å². The number of benzene rings is 2. The van der Waals surface area contributed by atoms with Gasteiger partial charge in [0.05, 0.1) is 0 Å². The summed E-state index contributed by atoms with van der Waals surface area (Å²) in [6.07, 6.45) is 0. The summed E-state index contributed by atoms with van der Waals surface area (Å²) in [7, 11) is 0. The van der Waals surface area contributed by atoms with Gasteiger partial charge < -0.3 is 10.2 Å². The first kappa shape index (κ1) is 19.4. The molecule has 1 aliphatic rings. The molecule has 2 amide bonds. The summed E-state index contributed by atoms with van der Waals surface area (Å²) in [5.41, 5.74) is 2.41. The molecule has 0 unspecified atom stereocenters. The summed E-state index contributed by atoms with van der Waals surface area (Å²) >= 11 is 1.52. The van der Waals surface area contributed by atoms with E-state index < -0.39 is 6.04 Å². The van der Waals surface area contributed by atoms with E-state index in [2.05, 4.69) is 5.32 Å². The van der Waals surface area contributed by atoms with Gasteiger partial charge in [0.2, 0.25) is 5.91 Å². The van der Waals surface area contributed by atoms with Crippen molar-refractivity contribution in [1.82, 2.24) is 10.2 Å². The van der Waals surface area contributed by atoms with Crippen LogP contribution in [0.2, 0.25) is 0 Å². The number of thioether (sulfide) groups is 1. The molecule has 2 aromatic rings. The van der Waals surface area contributed by atoms with E-state index in [1.165, 1.54) is 23.9 Å². The van der Waals surface area contributed by atoms with E-state index >= 15 is 0 Å².